The fourth-order valence-corrected chi connectivity index (χ4v) is 2.61. The highest BCUT2D eigenvalue weighted by atomic mass is 16.3. The molecule has 0 spiro atoms. The fourth-order valence-electron chi connectivity index (χ4n) is 2.61. The Kier molecular flexibility index (Phi) is 3.69. The van der Waals surface area contributed by atoms with Crippen molar-refractivity contribution in [3.8, 4) is 11.8 Å². The maximum absolute atomic E-state index is 9.51. The van der Waals surface area contributed by atoms with Gasteiger partial charge in [0.15, 0.2) is 5.82 Å². The van der Waals surface area contributed by atoms with E-state index in [1.807, 2.05) is 10.6 Å². The summed E-state index contributed by atoms with van der Waals surface area (Å²) in [5.74, 6) is 1.76. The second-order valence-corrected chi connectivity index (χ2v) is 5.17. The van der Waals surface area contributed by atoms with E-state index in [4.69, 9.17) is 0 Å². The lowest BCUT2D eigenvalue weighted by atomic mass is 10.1. The zero-order valence-corrected chi connectivity index (χ0v) is 11.7. The second-order valence-electron chi connectivity index (χ2n) is 5.17. The largest absolute Gasteiger partial charge is 0.508 e. The average Bonchev–Trinajstić information content (AvgIpc) is 2.73. The third-order valence-corrected chi connectivity index (χ3v) is 3.65. The molecule has 2 aromatic rings. The average molecular weight is 280 g/mol. The van der Waals surface area contributed by atoms with Gasteiger partial charge in [-0.15, -0.1) is 10.2 Å². The Morgan fingerprint density at radius 3 is 3.00 bits per heavy atom. The molecule has 2 heterocycles. The van der Waals surface area contributed by atoms with Crippen LogP contribution in [0.4, 0.5) is 0 Å². The standard InChI is InChI=1S/C16H16N4O/c17-11-13(9-12-5-4-6-14(21)10-12)16-19-18-15-7-2-1-3-8-20(15)16/h4-6,9-10,21H,1-3,7-8H2. The molecule has 5 nitrogen and oxygen atoms in total. The first-order valence-corrected chi connectivity index (χ1v) is 7.11. The first-order chi connectivity index (χ1) is 10.3. The Morgan fingerprint density at radius 2 is 2.19 bits per heavy atom. The van der Waals surface area contributed by atoms with Gasteiger partial charge in [-0.05, 0) is 36.6 Å². The third kappa shape index (κ3) is 2.79. The van der Waals surface area contributed by atoms with Crippen molar-refractivity contribution in [2.24, 2.45) is 0 Å². The number of rotatable bonds is 2. The Labute approximate surface area is 123 Å². The van der Waals surface area contributed by atoms with Crippen molar-refractivity contribution in [2.75, 3.05) is 0 Å². The molecule has 1 aliphatic heterocycles. The molecule has 1 aromatic heterocycles. The molecule has 0 unspecified atom stereocenters. The highest BCUT2D eigenvalue weighted by Gasteiger charge is 2.17. The number of hydrogen-bond acceptors (Lipinski definition) is 4. The molecule has 0 bridgehead atoms. The number of allylic oxidation sites excluding steroid dienone is 1. The SMILES string of the molecule is N#CC(=Cc1cccc(O)c1)c1nnc2n1CCCCC2. The molecule has 0 fully saturated rings. The van der Waals surface area contributed by atoms with Gasteiger partial charge in [0.25, 0.3) is 0 Å². The van der Waals surface area contributed by atoms with Crippen molar-refractivity contribution in [3.63, 3.8) is 0 Å². The molecule has 3 rings (SSSR count). The van der Waals surface area contributed by atoms with Gasteiger partial charge in [0.05, 0.1) is 5.57 Å². The summed E-state index contributed by atoms with van der Waals surface area (Å²) in [6, 6.07) is 9.02. The van der Waals surface area contributed by atoms with E-state index in [1.165, 1.54) is 6.42 Å². The number of hydrogen-bond donors (Lipinski definition) is 1. The van der Waals surface area contributed by atoms with E-state index in [-0.39, 0.29) is 5.75 Å². The fraction of sp³-hybridized carbons (Fsp3) is 0.312. The Balaban J connectivity index is 2.01. The molecule has 106 valence electrons. The van der Waals surface area contributed by atoms with Crippen LogP contribution in [-0.2, 0) is 13.0 Å². The molecule has 0 amide bonds. The van der Waals surface area contributed by atoms with Crippen LogP contribution in [0.3, 0.4) is 0 Å². The van der Waals surface area contributed by atoms with Gasteiger partial charge in [-0.3, -0.25) is 0 Å². The predicted molar refractivity (Wildman–Crippen MR) is 79.2 cm³/mol. The molecule has 0 radical (unpaired) electrons. The maximum atomic E-state index is 9.51. The summed E-state index contributed by atoms with van der Waals surface area (Å²) in [7, 11) is 0. The monoisotopic (exact) mass is 280 g/mol. The van der Waals surface area contributed by atoms with Crippen LogP contribution < -0.4 is 0 Å². The molecular weight excluding hydrogens is 264 g/mol. The number of fused-ring (bicyclic) bond motifs is 1. The van der Waals surface area contributed by atoms with Crippen molar-refractivity contribution in [3.05, 3.63) is 41.5 Å². The molecule has 0 atom stereocenters. The number of nitriles is 1. The first-order valence-electron chi connectivity index (χ1n) is 7.11. The number of aromatic nitrogens is 3. The summed E-state index contributed by atoms with van der Waals surface area (Å²) in [5.41, 5.74) is 1.25. The topological polar surface area (TPSA) is 74.7 Å². The van der Waals surface area contributed by atoms with E-state index in [1.54, 1.807) is 24.3 Å². The van der Waals surface area contributed by atoms with Crippen molar-refractivity contribution < 1.29 is 5.11 Å². The summed E-state index contributed by atoms with van der Waals surface area (Å²) in [6.45, 7) is 0.858. The molecule has 1 N–H and O–H groups in total. The van der Waals surface area contributed by atoms with Crippen molar-refractivity contribution >= 4 is 11.6 Å². The minimum absolute atomic E-state index is 0.182. The second kappa shape index (κ2) is 5.80. The molecule has 21 heavy (non-hydrogen) atoms. The molecular formula is C16H16N4O. The highest BCUT2D eigenvalue weighted by Crippen LogP contribution is 2.22. The Hall–Kier alpha value is -2.61. The Bertz CT molecular complexity index is 724. The van der Waals surface area contributed by atoms with Crippen molar-refractivity contribution in [2.45, 2.75) is 32.2 Å². The Morgan fingerprint density at radius 1 is 1.29 bits per heavy atom. The van der Waals surface area contributed by atoms with Gasteiger partial charge >= 0.3 is 0 Å². The summed E-state index contributed by atoms with van der Waals surface area (Å²) >= 11 is 0. The number of phenolic OH excluding ortho intramolecular Hbond substituents is 1. The van der Waals surface area contributed by atoms with Crippen molar-refractivity contribution in [1.82, 2.24) is 14.8 Å². The summed E-state index contributed by atoms with van der Waals surface area (Å²) in [4.78, 5) is 0. The molecule has 0 aliphatic carbocycles. The number of benzene rings is 1. The lowest BCUT2D eigenvalue weighted by molar-refractivity contribution is 0.475. The highest BCUT2D eigenvalue weighted by molar-refractivity contribution is 5.87. The van der Waals surface area contributed by atoms with Gasteiger partial charge in [-0.1, -0.05) is 18.6 Å². The quantitative estimate of drug-likeness (QED) is 0.858. The molecule has 0 saturated carbocycles. The lowest BCUT2D eigenvalue weighted by Crippen LogP contribution is -2.05. The van der Waals surface area contributed by atoms with Gasteiger partial charge in [0.1, 0.15) is 17.6 Å². The third-order valence-electron chi connectivity index (χ3n) is 3.65. The minimum atomic E-state index is 0.182. The van der Waals surface area contributed by atoms with E-state index in [0.717, 1.165) is 37.2 Å². The lowest BCUT2D eigenvalue weighted by Gasteiger charge is -2.05. The smallest absolute Gasteiger partial charge is 0.174 e. The van der Waals surface area contributed by atoms with Gasteiger partial charge in [-0.2, -0.15) is 5.26 Å². The summed E-state index contributed by atoms with van der Waals surface area (Å²) in [6.07, 6.45) is 6.04. The zero-order chi connectivity index (χ0) is 14.7. The minimum Gasteiger partial charge on any atom is -0.508 e. The van der Waals surface area contributed by atoms with Crippen LogP contribution >= 0.6 is 0 Å². The van der Waals surface area contributed by atoms with Crippen molar-refractivity contribution in [1.29, 1.82) is 5.26 Å². The maximum Gasteiger partial charge on any atom is 0.174 e. The van der Waals surface area contributed by atoms with E-state index in [2.05, 4.69) is 16.3 Å². The first kappa shape index (κ1) is 13.4. The van der Waals surface area contributed by atoms with Crippen LogP contribution in [0.25, 0.3) is 11.6 Å². The van der Waals surface area contributed by atoms with Crippen LogP contribution in [0.2, 0.25) is 0 Å². The van der Waals surface area contributed by atoms with Crippen LogP contribution in [-0.4, -0.2) is 19.9 Å². The number of phenols is 1. The van der Waals surface area contributed by atoms with Gasteiger partial charge in [0.2, 0.25) is 0 Å². The molecule has 1 aliphatic rings. The van der Waals surface area contributed by atoms with E-state index < -0.39 is 0 Å². The summed E-state index contributed by atoms with van der Waals surface area (Å²) in [5, 5.41) is 27.4. The number of aromatic hydroxyl groups is 1. The molecule has 5 heteroatoms. The van der Waals surface area contributed by atoms with Crippen LogP contribution in [0.5, 0.6) is 5.75 Å². The number of nitrogens with zero attached hydrogens (tertiary/aromatic N) is 4. The van der Waals surface area contributed by atoms with Gasteiger partial charge < -0.3 is 9.67 Å². The van der Waals surface area contributed by atoms with Crippen LogP contribution in [0.1, 0.15) is 36.5 Å². The van der Waals surface area contributed by atoms with E-state index in [0.29, 0.717) is 11.4 Å². The van der Waals surface area contributed by atoms with Gasteiger partial charge in [-0.25, -0.2) is 0 Å². The van der Waals surface area contributed by atoms with Crippen LogP contribution in [0, 0.1) is 11.3 Å². The normalized spacial score (nSPS) is 15.1. The van der Waals surface area contributed by atoms with E-state index in [9.17, 15) is 10.4 Å². The molecule has 1 aromatic carbocycles. The predicted octanol–water partition coefficient (Wildman–Crippen LogP) is 2.77. The zero-order valence-electron chi connectivity index (χ0n) is 11.7. The van der Waals surface area contributed by atoms with Gasteiger partial charge in [0, 0.05) is 13.0 Å². The van der Waals surface area contributed by atoms with Crippen LogP contribution in [0.15, 0.2) is 24.3 Å². The number of aryl methyl sites for hydroxylation is 1. The summed E-state index contributed by atoms with van der Waals surface area (Å²) < 4.78 is 2.05. The van der Waals surface area contributed by atoms with E-state index >= 15 is 0 Å². The molecule has 0 saturated heterocycles.